The number of phenolic OH excluding ortho intramolecular Hbond substituents is 1. The molecule has 134 valence electrons. The van der Waals surface area contributed by atoms with Gasteiger partial charge in [0, 0.05) is 11.1 Å². The number of benzene rings is 3. The van der Waals surface area contributed by atoms with Gasteiger partial charge in [-0.25, -0.2) is 0 Å². The maximum Gasteiger partial charge on any atom is 0.213 e. The first-order valence-corrected chi connectivity index (χ1v) is 8.32. The van der Waals surface area contributed by atoms with E-state index in [-0.39, 0.29) is 17.2 Å². The molecule has 0 unspecified atom stereocenters. The highest BCUT2D eigenvalue weighted by Crippen LogP contribution is 2.25. The average molecular weight is 358 g/mol. The normalized spacial score (nSPS) is 11.5. The van der Waals surface area contributed by atoms with Gasteiger partial charge in [0.15, 0.2) is 11.5 Å². The number of ether oxygens (including phenoxy) is 1. The molecule has 0 aliphatic carbocycles. The van der Waals surface area contributed by atoms with E-state index in [0.717, 1.165) is 0 Å². The largest absolute Gasteiger partial charge is 0.504 e. The average Bonchev–Trinajstić information content (AvgIpc) is 2.73. The summed E-state index contributed by atoms with van der Waals surface area (Å²) in [7, 11) is 1.47. The molecule has 3 rings (SSSR count). The van der Waals surface area contributed by atoms with Crippen LogP contribution in [0.1, 0.15) is 21.5 Å². The number of methoxy groups -OCH3 is 1. The highest BCUT2D eigenvalue weighted by Gasteiger charge is 2.16. The van der Waals surface area contributed by atoms with E-state index in [2.05, 4.69) is 10.2 Å². The fourth-order valence-electron chi connectivity index (χ4n) is 2.48. The van der Waals surface area contributed by atoms with Gasteiger partial charge < -0.3 is 9.84 Å². The van der Waals surface area contributed by atoms with E-state index in [9.17, 15) is 9.90 Å². The van der Waals surface area contributed by atoms with E-state index in [1.165, 1.54) is 19.4 Å². The Bertz CT molecular complexity index is 981. The minimum absolute atomic E-state index is 0.0439. The fraction of sp³-hybridized carbons (Fsp3) is 0.0455. The van der Waals surface area contributed by atoms with Crippen molar-refractivity contribution in [3.63, 3.8) is 0 Å². The Morgan fingerprint density at radius 3 is 2.19 bits per heavy atom. The van der Waals surface area contributed by atoms with Crippen LogP contribution in [0.4, 0.5) is 0 Å². The summed E-state index contributed by atoms with van der Waals surface area (Å²) in [5.74, 6) is 0.177. The van der Waals surface area contributed by atoms with Crippen LogP contribution in [0.2, 0.25) is 0 Å². The van der Waals surface area contributed by atoms with Crippen molar-refractivity contribution >= 4 is 17.7 Å². The summed E-state index contributed by atoms with van der Waals surface area (Å²) in [5.41, 5.74) is 2.17. The topological polar surface area (TPSA) is 71.2 Å². The first kappa shape index (κ1) is 18.1. The third-order valence-electron chi connectivity index (χ3n) is 3.87. The van der Waals surface area contributed by atoms with Gasteiger partial charge in [-0.3, -0.25) is 4.79 Å². The van der Waals surface area contributed by atoms with Gasteiger partial charge in [0.05, 0.1) is 13.3 Å². The number of ketones is 1. The van der Waals surface area contributed by atoms with Crippen LogP contribution in [0, 0.1) is 0 Å². The van der Waals surface area contributed by atoms with Crippen LogP contribution in [0.25, 0.3) is 0 Å². The molecule has 0 aromatic heterocycles. The van der Waals surface area contributed by atoms with Crippen molar-refractivity contribution in [1.29, 1.82) is 0 Å². The molecule has 0 aliphatic rings. The maximum atomic E-state index is 12.9. The first-order chi connectivity index (χ1) is 13.2. The van der Waals surface area contributed by atoms with Crippen LogP contribution in [0.3, 0.4) is 0 Å². The van der Waals surface area contributed by atoms with E-state index in [4.69, 9.17) is 4.74 Å². The van der Waals surface area contributed by atoms with Crippen LogP contribution in [0.15, 0.2) is 89.1 Å². The van der Waals surface area contributed by atoms with Gasteiger partial charge in [0.25, 0.3) is 0 Å². The molecule has 0 amide bonds. The fourth-order valence-corrected chi connectivity index (χ4v) is 2.48. The Hall–Kier alpha value is -3.73. The van der Waals surface area contributed by atoms with Crippen LogP contribution < -0.4 is 4.74 Å². The lowest BCUT2D eigenvalue weighted by molar-refractivity contribution is 0.106. The number of carbonyl (C=O) groups is 1. The number of phenols is 1. The molecule has 27 heavy (non-hydrogen) atoms. The Labute approximate surface area is 157 Å². The lowest BCUT2D eigenvalue weighted by atomic mass is 10.0. The Morgan fingerprint density at radius 2 is 1.56 bits per heavy atom. The number of aromatic hydroxyl groups is 1. The monoisotopic (exact) mass is 358 g/mol. The molecule has 0 fully saturated rings. The van der Waals surface area contributed by atoms with E-state index >= 15 is 0 Å². The van der Waals surface area contributed by atoms with Crippen LogP contribution >= 0.6 is 0 Å². The predicted octanol–water partition coefficient (Wildman–Crippen LogP) is 4.11. The molecule has 0 heterocycles. The Kier molecular flexibility index (Phi) is 5.74. The summed E-state index contributed by atoms with van der Waals surface area (Å²) < 4.78 is 5.08. The van der Waals surface area contributed by atoms with Gasteiger partial charge in [-0.05, 0) is 23.8 Å². The summed E-state index contributed by atoms with van der Waals surface area (Å²) in [6.07, 6.45) is 1.50. The van der Waals surface area contributed by atoms with Crippen molar-refractivity contribution in [1.82, 2.24) is 0 Å². The molecule has 5 heteroatoms. The van der Waals surface area contributed by atoms with E-state index in [0.29, 0.717) is 22.4 Å². The highest BCUT2D eigenvalue weighted by molar-refractivity contribution is 6.51. The van der Waals surface area contributed by atoms with Crippen molar-refractivity contribution < 1.29 is 14.6 Å². The van der Waals surface area contributed by atoms with Gasteiger partial charge in [-0.1, -0.05) is 60.7 Å². The minimum atomic E-state index is -0.206. The molecule has 0 radical (unpaired) electrons. The molecule has 0 atom stereocenters. The van der Waals surface area contributed by atoms with Gasteiger partial charge >= 0.3 is 0 Å². The number of Topliss-reactive ketones (excluding diaryl/α,β-unsaturated/α-hetero) is 1. The van der Waals surface area contributed by atoms with E-state index in [1.807, 2.05) is 48.5 Å². The lowest BCUT2D eigenvalue weighted by Gasteiger charge is -2.05. The number of hydrogen-bond donors (Lipinski definition) is 1. The number of carbonyl (C=O) groups excluding carboxylic acids is 1. The van der Waals surface area contributed by atoms with Crippen LogP contribution in [-0.2, 0) is 0 Å². The second kappa shape index (κ2) is 8.58. The zero-order chi connectivity index (χ0) is 19.1. The smallest absolute Gasteiger partial charge is 0.213 e. The van der Waals surface area contributed by atoms with Crippen LogP contribution in [0.5, 0.6) is 11.5 Å². The summed E-state index contributed by atoms with van der Waals surface area (Å²) in [6.45, 7) is 0. The molecule has 3 aromatic rings. The molecule has 0 spiro atoms. The van der Waals surface area contributed by atoms with Gasteiger partial charge in [-0.2, -0.15) is 5.10 Å². The quantitative estimate of drug-likeness (QED) is 0.409. The van der Waals surface area contributed by atoms with Crippen molar-refractivity contribution in [2.45, 2.75) is 0 Å². The molecular weight excluding hydrogens is 340 g/mol. The van der Waals surface area contributed by atoms with Crippen molar-refractivity contribution in [3.05, 3.63) is 95.6 Å². The van der Waals surface area contributed by atoms with E-state index in [1.54, 1.807) is 24.3 Å². The van der Waals surface area contributed by atoms with Crippen LogP contribution in [-0.4, -0.2) is 29.9 Å². The number of nitrogens with zero attached hydrogens (tertiary/aromatic N) is 2. The molecule has 0 saturated heterocycles. The highest BCUT2D eigenvalue weighted by atomic mass is 16.5. The standard InChI is InChI=1S/C22H18N2O3/c1-27-20-14-16(12-13-19(20)25)15-23-24-21(17-8-4-2-5-9-17)22(26)18-10-6-3-7-11-18/h2-15,25H,1H3. The summed E-state index contributed by atoms with van der Waals surface area (Å²) in [4.78, 5) is 12.9. The molecule has 0 saturated carbocycles. The van der Waals surface area contributed by atoms with Gasteiger partial charge in [0.2, 0.25) is 5.78 Å². The Balaban J connectivity index is 1.94. The second-order valence-corrected chi connectivity index (χ2v) is 5.69. The SMILES string of the molecule is COc1cc(C=NN=C(C(=O)c2ccccc2)c2ccccc2)ccc1O. The summed E-state index contributed by atoms with van der Waals surface area (Å²) in [6, 6.07) is 23.0. The maximum absolute atomic E-state index is 12.9. The predicted molar refractivity (Wildman–Crippen MR) is 106 cm³/mol. The first-order valence-electron chi connectivity index (χ1n) is 8.32. The van der Waals surface area contributed by atoms with Crippen molar-refractivity contribution in [3.8, 4) is 11.5 Å². The lowest BCUT2D eigenvalue weighted by Crippen LogP contribution is -2.15. The van der Waals surface area contributed by atoms with E-state index < -0.39 is 0 Å². The molecule has 5 nitrogen and oxygen atoms in total. The molecule has 0 aliphatic heterocycles. The molecule has 1 N–H and O–H groups in total. The molecule has 3 aromatic carbocycles. The summed E-state index contributed by atoms with van der Waals surface area (Å²) in [5, 5.41) is 17.9. The third kappa shape index (κ3) is 4.46. The molecular formula is C22H18N2O3. The zero-order valence-corrected chi connectivity index (χ0v) is 14.7. The zero-order valence-electron chi connectivity index (χ0n) is 14.7. The number of rotatable bonds is 6. The van der Waals surface area contributed by atoms with Crippen molar-refractivity contribution in [2.24, 2.45) is 10.2 Å². The molecule has 0 bridgehead atoms. The van der Waals surface area contributed by atoms with Crippen molar-refractivity contribution in [2.75, 3.05) is 7.11 Å². The number of hydrogen-bond acceptors (Lipinski definition) is 5. The third-order valence-corrected chi connectivity index (χ3v) is 3.87. The Morgan fingerprint density at radius 1 is 0.926 bits per heavy atom. The van der Waals surface area contributed by atoms with Gasteiger partial charge in [0.1, 0.15) is 5.71 Å². The second-order valence-electron chi connectivity index (χ2n) is 5.69. The summed E-state index contributed by atoms with van der Waals surface area (Å²) >= 11 is 0. The minimum Gasteiger partial charge on any atom is -0.504 e. The van der Waals surface area contributed by atoms with Gasteiger partial charge in [-0.15, -0.1) is 5.10 Å².